The molecule has 5 nitrogen and oxygen atoms in total. The van der Waals surface area contributed by atoms with Crippen molar-refractivity contribution in [2.75, 3.05) is 13.2 Å². The number of phenolic OH excluding ortho intramolecular Hbond substituents is 2. The minimum absolute atomic E-state index is 0.101. The summed E-state index contributed by atoms with van der Waals surface area (Å²) < 4.78 is 0. The van der Waals surface area contributed by atoms with Crippen LogP contribution in [0.3, 0.4) is 0 Å². The second-order valence-corrected chi connectivity index (χ2v) is 4.09. The fourth-order valence-corrected chi connectivity index (χ4v) is 1.47. The van der Waals surface area contributed by atoms with Crippen LogP contribution in [0.5, 0.6) is 11.5 Å². The summed E-state index contributed by atoms with van der Waals surface area (Å²) in [6, 6.07) is 4.34. The van der Waals surface area contributed by atoms with E-state index in [1.165, 1.54) is 12.1 Å². The lowest BCUT2D eigenvalue weighted by atomic mass is 10.1. The first-order valence-corrected chi connectivity index (χ1v) is 5.58. The molecular weight excluding hydrogens is 222 g/mol. The van der Waals surface area contributed by atoms with Crippen LogP contribution in [0.25, 0.3) is 0 Å². The number of aliphatic hydroxyl groups excluding tert-OH is 2. The molecular formula is C12H19NO4. The van der Waals surface area contributed by atoms with Crippen LogP contribution < -0.4 is 5.32 Å². The Balaban J connectivity index is 2.52. The topological polar surface area (TPSA) is 93.0 Å². The summed E-state index contributed by atoms with van der Waals surface area (Å²) in [6.45, 7) is 2.34. The first-order chi connectivity index (χ1) is 8.04. The number of aromatic hydroxyl groups is 2. The molecule has 0 amide bonds. The lowest BCUT2D eigenvalue weighted by Crippen LogP contribution is -2.31. The van der Waals surface area contributed by atoms with Crippen molar-refractivity contribution in [1.82, 2.24) is 5.32 Å². The fraction of sp³-hybridized carbons (Fsp3) is 0.500. The summed E-state index contributed by atoms with van der Waals surface area (Å²) in [6.07, 6.45) is -0.143. The van der Waals surface area contributed by atoms with Gasteiger partial charge >= 0.3 is 0 Å². The van der Waals surface area contributed by atoms with Crippen LogP contribution in [0.15, 0.2) is 18.2 Å². The Hall–Kier alpha value is -1.30. The average Bonchev–Trinajstić information content (AvgIpc) is 2.30. The summed E-state index contributed by atoms with van der Waals surface area (Å²) >= 11 is 0. The number of hydrogen-bond acceptors (Lipinski definition) is 5. The van der Waals surface area contributed by atoms with E-state index < -0.39 is 6.10 Å². The Labute approximate surface area is 100 Å². The lowest BCUT2D eigenvalue weighted by molar-refractivity contribution is 0.166. The Bertz CT molecular complexity index is 356. The van der Waals surface area contributed by atoms with Gasteiger partial charge in [0.1, 0.15) is 0 Å². The zero-order valence-electron chi connectivity index (χ0n) is 9.80. The van der Waals surface area contributed by atoms with Gasteiger partial charge in [-0.25, -0.2) is 0 Å². The van der Waals surface area contributed by atoms with Crippen molar-refractivity contribution >= 4 is 0 Å². The van der Waals surface area contributed by atoms with E-state index in [9.17, 15) is 10.2 Å². The third-order valence-electron chi connectivity index (χ3n) is 2.61. The van der Waals surface area contributed by atoms with Crippen molar-refractivity contribution in [3.63, 3.8) is 0 Å². The Morgan fingerprint density at radius 2 is 1.94 bits per heavy atom. The van der Waals surface area contributed by atoms with Crippen LogP contribution in [-0.4, -0.2) is 39.6 Å². The summed E-state index contributed by atoms with van der Waals surface area (Å²) in [7, 11) is 0. The number of rotatable bonds is 6. The first kappa shape index (κ1) is 13.8. The molecule has 5 heteroatoms. The smallest absolute Gasteiger partial charge is 0.157 e. The van der Waals surface area contributed by atoms with Crippen molar-refractivity contribution in [3.8, 4) is 11.5 Å². The normalized spacial score (nSPS) is 14.5. The molecule has 0 fully saturated rings. The molecule has 0 heterocycles. The molecule has 0 bridgehead atoms. The molecule has 0 aliphatic carbocycles. The van der Waals surface area contributed by atoms with E-state index in [4.69, 9.17) is 10.2 Å². The molecule has 96 valence electrons. The van der Waals surface area contributed by atoms with E-state index in [0.29, 0.717) is 18.5 Å². The van der Waals surface area contributed by atoms with Gasteiger partial charge in [-0.1, -0.05) is 6.07 Å². The van der Waals surface area contributed by atoms with Crippen LogP contribution >= 0.6 is 0 Å². The quantitative estimate of drug-likeness (QED) is 0.467. The van der Waals surface area contributed by atoms with Crippen LogP contribution in [0, 0.1) is 0 Å². The molecule has 0 aromatic heterocycles. The maximum Gasteiger partial charge on any atom is 0.157 e. The highest BCUT2D eigenvalue weighted by molar-refractivity contribution is 5.41. The van der Waals surface area contributed by atoms with Gasteiger partial charge in [-0.05, 0) is 31.0 Å². The Morgan fingerprint density at radius 1 is 1.24 bits per heavy atom. The maximum atomic E-state index is 9.84. The van der Waals surface area contributed by atoms with Crippen molar-refractivity contribution in [1.29, 1.82) is 0 Å². The number of aliphatic hydroxyl groups is 2. The largest absolute Gasteiger partial charge is 0.504 e. The molecule has 1 rings (SSSR count). The molecule has 0 aliphatic rings. The monoisotopic (exact) mass is 241 g/mol. The van der Waals surface area contributed by atoms with Crippen LogP contribution in [0.1, 0.15) is 25.0 Å². The Morgan fingerprint density at radius 3 is 2.53 bits per heavy atom. The zero-order chi connectivity index (χ0) is 12.8. The molecule has 0 aliphatic heterocycles. The second kappa shape index (κ2) is 6.44. The van der Waals surface area contributed by atoms with Crippen LogP contribution in [-0.2, 0) is 0 Å². The molecule has 0 saturated carbocycles. The lowest BCUT2D eigenvalue weighted by Gasteiger charge is -2.16. The number of phenols is 2. The maximum absolute atomic E-state index is 9.84. The van der Waals surface area contributed by atoms with Crippen LogP contribution in [0.4, 0.5) is 0 Å². The number of nitrogens with one attached hydrogen (secondary N) is 1. The molecule has 2 unspecified atom stereocenters. The fourth-order valence-electron chi connectivity index (χ4n) is 1.47. The predicted octanol–water partition coefficient (Wildman–Crippen LogP) is 0.492. The predicted molar refractivity (Wildman–Crippen MR) is 63.9 cm³/mol. The molecule has 2 atom stereocenters. The molecule has 0 spiro atoms. The van der Waals surface area contributed by atoms with Gasteiger partial charge in [0.2, 0.25) is 0 Å². The first-order valence-electron chi connectivity index (χ1n) is 5.58. The van der Waals surface area contributed by atoms with Gasteiger partial charge in [0.15, 0.2) is 11.5 Å². The molecule has 1 aromatic rings. The minimum Gasteiger partial charge on any atom is -0.504 e. The van der Waals surface area contributed by atoms with Gasteiger partial charge in [-0.15, -0.1) is 0 Å². The summed E-state index contributed by atoms with van der Waals surface area (Å²) in [4.78, 5) is 0. The van der Waals surface area contributed by atoms with Gasteiger partial charge in [0, 0.05) is 19.2 Å². The molecule has 0 saturated heterocycles. The third kappa shape index (κ3) is 4.22. The number of benzene rings is 1. The van der Waals surface area contributed by atoms with Gasteiger partial charge in [-0.3, -0.25) is 0 Å². The highest BCUT2D eigenvalue weighted by Gasteiger charge is 2.11. The average molecular weight is 241 g/mol. The van der Waals surface area contributed by atoms with Crippen LogP contribution in [0.2, 0.25) is 0 Å². The molecule has 17 heavy (non-hydrogen) atoms. The van der Waals surface area contributed by atoms with E-state index in [1.807, 2.05) is 6.92 Å². The molecule has 1 aromatic carbocycles. The van der Waals surface area contributed by atoms with Gasteiger partial charge < -0.3 is 25.7 Å². The van der Waals surface area contributed by atoms with Gasteiger partial charge in [-0.2, -0.15) is 0 Å². The highest BCUT2D eigenvalue weighted by atomic mass is 16.3. The van der Waals surface area contributed by atoms with E-state index in [2.05, 4.69) is 5.32 Å². The minimum atomic E-state index is -0.761. The van der Waals surface area contributed by atoms with Crippen molar-refractivity contribution in [2.45, 2.75) is 25.5 Å². The number of hydrogen-bond donors (Lipinski definition) is 5. The third-order valence-corrected chi connectivity index (χ3v) is 2.61. The van der Waals surface area contributed by atoms with Crippen molar-refractivity contribution in [2.24, 2.45) is 0 Å². The molecule has 5 N–H and O–H groups in total. The zero-order valence-corrected chi connectivity index (χ0v) is 9.80. The second-order valence-electron chi connectivity index (χ2n) is 4.09. The van der Waals surface area contributed by atoms with Crippen molar-refractivity contribution < 1.29 is 20.4 Å². The van der Waals surface area contributed by atoms with E-state index in [1.54, 1.807) is 6.07 Å². The van der Waals surface area contributed by atoms with Gasteiger partial charge in [0.25, 0.3) is 0 Å². The van der Waals surface area contributed by atoms with Gasteiger partial charge in [0.05, 0.1) is 6.10 Å². The summed E-state index contributed by atoms with van der Waals surface area (Å²) in [5.74, 6) is -0.451. The SMILES string of the molecule is CC(CCO)NCC(O)c1ccc(O)c(O)c1. The summed E-state index contributed by atoms with van der Waals surface area (Å²) in [5, 5.41) is 40.1. The van der Waals surface area contributed by atoms with E-state index in [0.717, 1.165) is 0 Å². The Kier molecular flexibility index (Phi) is 5.21. The van der Waals surface area contributed by atoms with E-state index >= 15 is 0 Å². The highest BCUT2D eigenvalue weighted by Crippen LogP contribution is 2.27. The molecule has 0 radical (unpaired) electrons. The summed E-state index contributed by atoms with van der Waals surface area (Å²) in [5.41, 5.74) is 0.531. The van der Waals surface area contributed by atoms with E-state index in [-0.39, 0.29) is 24.1 Å². The van der Waals surface area contributed by atoms with Crippen molar-refractivity contribution in [3.05, 3.63) is 23.8 Å². The standard InChI is InChI=1S/C12H19NO4/c1-8(4-5-14)13-7-12(17)9-2-3-10(15)11(16)6-9/h2-3,6,8,12-17H,4-5,7H2,1H3.